The van der Waals surface area contributed by atoms with E-state index >= 15 is 0 Å². The number of aliphatic imine (C=N–C) groups is 1. The van der Waals surface area contributed by atoms with Crippen LogP contribution in [0.5, 0.6) is 11.5 Å². The standard InChI is InChI=1S/C21H24IN3O3S/c1-14-13-29-20(24-14)25(15(2)23-10-9-22-5)18(26)12-27-17-8-6-7-16-11-21(3,4)28-19(16)17/h6-10,13H,5,11-12H2,1-4H3/b10-9-,23-15?. The Labute approximate surface area is 185 Å². The maximum atomic E-state index is 13.0. The quantitative estimate of drug-likeness (QED) is 0.307. The Bertz CT molecular complexity index is 981. The second kappa shape index (κ2) is 9.17. The third-order valence-electron chi connectivity index (χ3n) is 4.18. The van der Waals surface area contributed by atoms with Crippen LogP contribution in [0.15, 0.2) is 38.9 Å². The summed E-state index contributed by atoms with van der Waals surface area (Å²) in [5, 5.41) is 2.48. The monoisotopic (exact) mass is 525 g/mol. The first kappa shape index (κ1) is 21.6. The summed E-state index contributed by atoms with van der Waals surface area (Å²) in [4.78, 5) is 23.4. The second-order valence-corrected chi connectivity index (χ2v) is 9.61. The van der Waals surface area contributed by atoms with Crippen LogP contribution in [0.25, 0.3) is 0 Å². The third kappa shape index (κ3) is 5.30. The van der Waals surface area contributed by atoms with Crippen LogP contribution in [-0.4, -0.2) is 33.4 Å². The number of amidine groups is 1. The van der Waals surface area contributed by atoms with Gasteiger partial charge in [-0.1, -0.05) is 16.6 Å². The van der Waals surface area contributed by atoms with Gasteiger partial charge in [0, 0.05) is 23.6 Å². The molecule has 1 aliphatic heterocycles. The van der Waals surface area contributed by atoms with Gasteiger partial charge in [0.05, 0.1) is 5.69 Å². The highest BCUT2D eigenvalue weighted by molar-refractivity contribution is 14.2. The summed E-state index contributed by atoms with van der Waals surface area (Å²) in [5.41, 5.74) is 1.67. The molecule has 0 bridgehead atoms. The molecule has 0 aliphatic carbocycles. The Hall–Kier alpha value is -2.07. The minimum atomic E-state index is -0.275. The molecule has 1 aromatic carbocycles. The molecule has 0 saturated carbocycles. The van der Waals surface area contributed by atoms with E-state index in [1.54, 1.807) is 13.1 Å². The van der Waals surface area contributed by atoms with E-state index in [2.05, 4.69) is 14.5 Å². The van der Waals surface area contributed by atoms with Crippen molar-refractivity contribution in [2.45, 2.75) is 39.7 Å². The zero-order valence-electron chi connectivity index (χ0n) is 16.9. The van der Waals surface area contributed by atoms with Crippen molar-refractivity contribution in [3.63, 3.8) is 0 Å². The largest absolute Gasteiger partial charge is 0.483 e. The van der Waals surface area contributed by atoms with Crippen LogP contribution in [0.2, 0.25) is 0 Å². The highest BCUT2D eigenvalue weighted by atomic mass is 127. The maximum absolute atomic E-state index is 13.0. The van der Waals surface area contributed by atoms with E-state index in [4.69, 9.17) is 9.47 Å². The van der Waals surface area contributed by atoms with Gasteiger partial charge < -0.3 is 9.47 Å². The number of nitrogens with zero attached hydrogens (tertiary/aromatic N) is 3. The Morgan fingerprint density at radius 3 is 3.00 bits per heavy atom. The number of para-hydroxylation sites is 1. The van der Waals surface area contributed by atoms with Crippen molar-refractivity contribution in [2.24, 2.45) is 4.99 Å². The van der Waals surface area contributed by atoms with E-state index in [1.165, 1.54) is 16.2 Å². The molecule has 0 fully saturated rings. The first-order valence-corrected chi connectivity index (χ1v) is 12.7. The molecule has 8 heteroatoms. The number of anilines is 1. The topological polar surface area (TPSA) is 64.0 Å². The Balaban J connectivity index is 1.80. The molecule has 3 rings (SSSR count). The van der Waals surface area contributed by atoms with Crippen LogP contribution >= 0.6 is 32.1 Å². The average molecular weight is 525 g/mol. The Morgan fingerprint density at radius 1 is 1.52 bits per heavy atom. The van der Waals surface area contributed by atoms with Crippen LogP contribution in [-0.2, 0) is 11.2 Å². The van der Waals surface area contributed by atoms with Crippen LogP contribution in [0.1, 0.15) is 32.0 Å². The van der Waals surface area contributed by atoms with Gasteiger partial charge in [-0.05, 0) is 37.8 Å². The van der Waals surface area contributed by atoms with E-state index < -0.39 is 0 Å². The molecule has 0 N–H and O–H groups in total. The predicted molar refractivity (Wildman–Crippen MR) is 128 cm³/mol. The molecule has 6 nitrogen and oxygen atoms in total. The number of ether oxygens (including phenoxy) is 2. The van der Waals surface area contributed by atoms with Crippen molar-refractivity contribution in [1.82, 2.24) is 4.98 Å². The van der Waals surface area contributed by atoms with E-state index in [0.717, 1.165) is 23.4 Å². The molecular formula is C21H24IN3O3S. The number of aryl methyl sites for hydroxylation is 1. The number of benzene rings is 1. The molecule has 1 amide bonds. The van der Waals surface area contributed by atoms with Crippen molar-refractivity contribution >= 4 is 53.5 Å². The van der Waals surface area contributed by atoms with Crippen molar-refractivity contribution in [2.75, 3.05) is 11.5 Å². The molecule has 0 saturated heterocycles. The number of rotatable bonds is 6. The lowest BCUT2D eigenvalue weighted by atomic mass is 10.0. The molecular weight excluding hydrogens is 501 g/mol. The van der Waals surface area contributed by atoms with Gasteiger partial charge >= 0.3 is 0 Å². The molecule has 0 atom stereocenters. The van der Waals surface area contributed by atoms with Crippen molar-refractivity contribution < 1.29 is 14.3 Å². The summed E-state index contributed by atoms with van der Waals surface area (Å²) < 4.78 is 17.7. The lowest BCUT2D eigenvalue weighted by Crippen LogP contribution is -2.38. The fraction of sp³-hybridized carbons (Fsp3) is 0.333. The number of hydrogen-bond donors (Lipinski definition) is 0. The lowest BCUT2D eigenvalue weighted by Gasteiger charge is -2.20. The SMILES string of the molecule is C=I/C=C\N=C(C)N(C(=O)COc1cccc2c1OC(C)(C)C2)c1nc(C)cs1. The Morgan fingerprint density at radius 2 is 2.31 bits per heavy atom. The van der Waals surface area contributed by atoms with Gasteiger partial charge in [0.2, 0.25) is 0 Å². The van der Waals surface area contributed by atoms with Crippen LogP contribution in [0, 0.1) is 6.92 Å². The summed E-state index contributed by atoms with van der Waals surface area (Å²) in [7, 11) is 0. The van der Waals surface area contributed by atoms with E-state index in [0.29, 0.717) is 16.7 Å². The highest BCUT2D eigenvalue weighted by Gasteiger charge is 2.32. The van der Waals surface area contributed by atoms with Gasteiger partial charge in [-0.2, -0.15) is 0 Å². The van der Waals surface area contributed by atoms with Crippen LogP contribution in [0.4, 0.5) is 5.13 Å². The fourth-order valence-corrected chi connectivity index (χ4v) is 4.26. The molecule has 2 heterocycles. The van der Waals surface area contributed by atoms with Gasteiger partial charge in [-0.15, -0.1) is 32.1 Å². The lowest BCUT2D eigenvalue weighted by molar-refractivity contribution is -0.119. The second-order valence-electron chi connectivity index (χ2n) is 7.18. The van der Waals surface area contributed by atoms with Gasteiger partial charge in [0.15, 0.2) is 23.2 Å². The Kier molecular flexibility index (Phi) is 6.84. The van der Waals surface area contributed by atoms with E-state index in [1.807, 2.05) is 48.4 Å². The van der Waals surface area contributed by atoms with Gasteiger partial charge in [0.25, 0.3) is 5.91 Å². The zero-order chi connectivity index (χ0) is 21.0. The summed E-state index contributed by atoms with van der Waals surface area (Å²) in [6.07, 6.45) is 2.50. The first-order chi connectivity index (χ1) is 13.8. The minimum Gasteiger partial charge on any atom is -0.483 e. The van der Waals surface area contributed by atoms with Crippen molar-refractivity contribution in [3.8, 4) is 11.5 Å². The molecule has 1 aromatic heterocycles. The van der Waals surface area contributed by atoms with Gasteiger partial charge in [-0.25, -0.2) is 14.9 Å². The van der Waals surface area contributed by atoms with E-state index in [9.17, 15) is 4.79 Å². The summed E-state index contributed by atoms with van der Waals surface area (Å²) in [6, 6.07) is 5.77. The number of amides is 1. The van der Waals surface area contributed by atoms with Gasteiger partial charge in [0.1, 0.15) is 11.4 Å². The number of halogens is 1. The molecule has 0 spiro atoms. The molecule has 154 valence electrons. The van der Waals surface area contributed by atoms with Crippen molar-refractivity contribution in [1.29, 1.82) is 0 Å². The molecule has 29 heavy (non-hydrogen) atoms. The average Bonchev–Trinajstić information content (AvgIpc) is 3.21. The van der Waals surface area contributed by atoms with E-state index in [-0.39, 0.29) is 38.8 Å². The zero-order valence-corrected chi connectivity index (χ0v) is 19.9. The summed E-state index contributed by atoms with van der Waals surface area (Å²) >= 11 is 1.15. The maximum Gasteiger partial charge on any atom is 0.272 e. The molecule has 0 unspecified atom stereocenters. The number of thiazole rings is 1. The minimum absolute atomic E-state index is 0.141. The number of carbonyl (C=O) groups excluding carboxylic acids is 1. The van der Waals surface area contributed by atoms with Crippen molar-refractivity contribution in [3.05, 3.63) is 45.1 Å². The van der Waals surface area contributed by atoms with Crippen LogP contribution in [0.3, 0.4) is 0 Å². The predicted octanol–water partition coefficient (Wildman–Crippen LogP) is 4.87. The first-order valence-electron chi connectivity index (χ1n) is 9.06. The molecule has 1 aliphatic rings. The fourth-order valence-electron chi connectivity index (χ4n) is 3.01. The number of aromatic nitrogens is 1. The highest BCUT2D eigenvalue weighted by Crippen LogP contribution is 2.41. The molecule has 0 radical (unpaired) electrons. The smallest absolute Gasteiger partial charge is 0.272 e. The number of fused-ring (bicyclic) bond motifs is 1. The normalized spacial score (nSPS) is 15.2. The number of hydrogen-bond acceptors (Lipinski definition) is 6. The third-order valence-corrected chi connectivity index (χ3v) is 5.96. The van der Waals surface area contributed by atoms with Gasteiger partial charge in [-0.3, -0.25) is 4.79 Å². The molecule has 2 aromatic rings. The van der Waals surface area contributed by atoms with Crippen LogP contribution < -0.4 is 14.4 Å². The summed E-state index contributed by atoms with van der Waals surface area (Å²) in [6.45, 7) is 7.61. The summed E-state index contributed by atoms with van der Waals surface area (Å²) in [5.74, 6) is 1.59. The number of carbonyl (C=O) groups is 1.